The van der Waals surface area contributed by atoms with Crippen molar-refractivity contribution in [2.45, 2.75) is 12.5 Å². The van der Waals surface area contributed by atoms with Crippen molar-refractivity contribution in [2.75, 3.05) is 0 Å². The topological polar surface area (TPSA) is 125 Å². The highest BCUT2D eigenvalue weighted by atomic mass is 16.6. The minimum atomic E-state index is -2.00. The summed E-state index contributed by atoms with van der Waals surface area (Å²) in [7, 11) is 0. The molecule has 0 bridgehead atoms. The summed E-state index contributed by atoms with van der Waals surface area (Å²) < 4.78 is 4.30. The maximum Gasteiger partial charge on any atom is 0.439 e. The van der Waals surface area contributed by atoms with Crippen LogP contribution in [0.15, 0.2) is 0 Å². The van der Waals surface area contributed by atoms with Gasteiger partial charge in [-0.3, -0.25) is 0 Å². The van der Waals surface area contributed by atoms with Crippen molar-refractivity contribution in [3.8, 4) is 24.5 Å². The number of hydrogen-bond acceptors (Lipinski definition) is 6. The van der Waals surface area contributed by atoms with E-state index in [0.29, 0.717) is 0 Å². The van der Waals surface area contributed by atoms with Crippen LogP contribution >= 0.6 is 0 Å². The molecule has 0 aromatic rings. The highest BCUT2D eigenvalue weighted by Gasteiger charge is 2.31. The zero-order chi connectivity index (χ0) is 11.2. The normalized spacial score (nSPS) is 8.36. The van der Waals surface area contributed by atoms with Gasteiger partial charge < -0.3 is 4.74 Å². The SMILES string of the molecule is CC(C#N)(C#N)OC(=O)N(C#N)C#N. The minimum Gasteiger partial charge on any atom is -0.412 e. The Labute approximate surface area is 79.5 Å². The number of nitrogens with zero attached hydrogens (tertiary/aromatic N) is 5. The predicted octanol–water partition coefficient (Wildman–Crippen LogP) is 0.193. The Kier molecular flexibility index (Phi) is 3.45. The molecule has 14 heavy (non-hydrogen) atoms. The number of rotatable bonds is 1. The van der Waals surface area contributed by atoms with Crippen LogP contribution in [-0.2, 0) is 4.74 Å². The predicted molar refractivity (Wildman–Crippen MR) is 39.2 cm³/mol. The molecule has 0 spiro atoms. The molecule has 1 amide bonds. The average molecular weight is 189 g/mol. The molecular formula is C7H3N5O2. The van der Waals surface area contributed by atoms with Crippen LogP contribution < -0.4 is 0 Å². The molecule has 0 rings (SSSR count). The summed E-state index contributed by atoms with van der Waals surface area (Å²) in [6.07, 6.45) is 1.04. The van der Waals surface area contributed by atoms with Crippen molar-refractivity contribution in [1.29, 1.82) is 21.0 Å². The molecule has 0 saturated heterocycles. The molecule has 0 unspecified atom stereocenters. The number of carbonyl (C=O) groups excluding carboxylic acids is 1. The Morgan fingerprint density at radius 1 is 1.21 bits per heavy atom. The lowest BCUT2D eigenvalue weighted by molar-refractivity contribution is 0.0843. The van der Waals surface area contributed by atoms with Crippen LogP contribution in [0.4, 0.5) is 4.79 Å². The van der Waals surface area contributed by atoms with Crippen molar-refractivity contribution in [3.63, 3.8) is 0 Å². The quantitative estimate of drug-likeness (QED) is 0.428. The lowest BCUT2D eigenvalue weighted by Gasteiger charge is -2.13. The van der Waals surface area contributed by atoms with E-state index >= 15 is 0 Å². The largest absolute Gasteiger partial charge is 0.439 e. The molecule has 0 aliphatic heterocycles. The zero-order valence-corrected chi connectivity index (χ0v) is 7.05. The zero-order valence-electron chi connectivity index (χ0n) is 7.05. The number of ether oxygens (including phenoxy) is 1. The minimum absolute atomic E-state index is 0.00687. The first-order valence-electron chi connectivity index (χ1n) is 3.18. The monoisotopic (exact) mass is 189 g/mol. The summed E-state index contributed by atoms with van der Waals surface area (Å²) in [4.78, 5) is 10.9. The maximum absolute atomic E-state index is 10.9. The van der Waals surface area contributed by atoms with Gasteiger partial charge in [0.1, 0.15) is 12.1 Å². The van der Waals surface area contributed by atoms with Gasteiger partial charge in [0.2, 0.25) is 12.4 Å². The van der Waals surface area contributed by atoms with E-state index in [4.69, 9.17) is 21.0 Å². The fourth-order valence-electron chi connectivity index (χ4n) is 0.395. The number of nitriles is 4. The van der Waals surface area contributed by atoms with Crippen LogP contribution in [-0.4, -0.2) is 16.6 Å². The molecule has 0 aromatic heterocycles. The van der Waals surface area contributed by atoms with E-state index in [1.165, 1.54) is 24.5 Å². The third kappa shape index (κ3) is 2.37. The summed E-state index contributed by atoms with van der Waals surface area (Å²) in [6, 6.07) is 2.82. The molecule has 0 aromatic carbocycles. The van der Waals surface area contributed by atoms with Gasteiger partial charge in [-0.1, -0.05) is 0 Å². The van der Waals surface area contributed by atoms with E-state index in [1.807, 2.05) is 0 Å². The fourth-order valence-corrected chi connectivity index (χ4v) is 0.395. The summed E-state index contributed by atoms with van der Waals surface area (Å²) in [6.45, 7) is 1.04. The van der Waals surface area contributed by atoms with Crippen LogP contribution in [0.3, 0.4) is 0 Å². The third-order valence-electron chi connectivity index (χ3n) is 1.10. The van der Waals surface area contributed by atoms with E-state index in [2.05, 4.69) is 4.74 Å². The average Bonchev–Trinajstić information content (AvgIpc) is 2.19. The number of carbonyl (C=O) groups is 1. The third-order valence-corrected chi connectivity index (χ3v) is 1.10. The van der Waals surface area contributed by atoms with Gasteiger partial charge in [0, 0.05) is 6.92 Å². The van der Waals surface area contributed by atoms with Crippen molar-refractivity contribution in [3.05, 3.63) is 0 Å². The van der Waals surface area contributed by atoms with E-state index in [1.54, 1.807) is 0 Å². The molecule has 0 saturated carbocycles. The first-order chi connectivity index (χ1) is 6.52. The second kappa shape index (κ2) is 4.30. The summed E-state index contributed by atoms with van der Waals surface area (Å²) in [5, 5.41) is 33.3. The van der Waals surface area contributed by atoms with Gasteiger partial charge in [0.15, 0.2) is 0 Å². The molecule has 0 aliphatic carbocycles. The van der Waals surface area contributed by atoms with E-state index in [-0.39, 0.29) is 4.90 Å². The summed E-state index contributed by atoms with van der Waals surface area (Å²) in [5.41, 5.74) is -2.00. The van der Waals surface area contributed by atoms with Gasteiger partial charge in [-0.2, -0.15) is 21.0 Å². The van der Waals surface area contributed by atoms with Crippen molar-refractivity contribution in [1.82, 2.24) is 4.90 Å². The first-order valence-corrected chi connectivity index (χ1v) is 3.18. The lowest BCUT2D eigenvalue weighted by Crippen LogP contribution is -2.33. The van der Waals surface area contributed by atoms with E-state index < -0.39 is 11.7 Å². The van der Waals surface area contributed by atoms with E-state index in [0.717, 1.165) is 6.92 Å². The maximum atomic E-state index is 10.9. The van der Waals surface area contributed by atoms with Crippen LogP contribution in [0.25, 0.3) is 0 Å². The molecule has 0 aliphatic rings. The lowest BCUT2D eigenvalue weighted by atomic mass is 10.2. The van der Waals surface area contributed by atoms with Crippen LogP contribution in [0.5, 0.6) is 0 Å². The highest BCUT2D eigenvalue weighted by molar-refractivity contribution is 5.72. The van der Waals surface area contributed by atoms with Crippen LogP contribution in [0.2, 0.25) is 0 Å². The molecule has 0 atom stereocenters. The Balaban J connectivity index is 4.69. The van der Waals surface area contributed by atoms with Gasteiger partial charge in [0.05, 0.1) is 0 Å². The van der Waals surface area contributed by atoms with Gasteiger partial charge in [-0.25, -0.2) is 4.79 Å². The molecule has 7 nitrogen and oxygen atoms in total. The second-order valence-electron chi connectivity index (χ2n) is 2.16. The van der Waals surface area contributed by atoms with Crippen molar-refractivity contribution >= 4 is 6.09 Å². The van der Waals surface area contributed by atoms with Crippen LogP contribution in [0.1, 0.15) is 6.92 Å². The Morgan fingerprint density at radius 3 is 1.93 bits per heavy atom. The Hall–Kier alpha value is -2.77. The van der Waals surface area contributed by atoms with E-state index in [9.17, 15) is 4.79 Å². The first kappa shape index (κ1) is 11.2. The highest BCUT2D eigenvalue weighted by Crippen LogP contribution is 2.09. The Bertz CT molecular complexity index is 374. The number of hydrogen-bond donors (Lipinski definition) is 0. The Morgan fingerprint density at radius 2 is 1.64 bits per heavy atom. The number of amides is 1. The smallest absolute Gasteiger partial charge is 0.412 e. The fraction of sp³-hybridized carbons (Fsp3) is 0.286. The van der Waals surface area contributed by atoms with Crippen LogP contribution in [0, 0.1) is 45.6 Å². The standard InChI is InChI=1S/C7H3N5O2/c1-7(2-8,3-9)14-6(13)12(4-10)5-11/h1H3. The molecule has 0 radical (unpaired) electrons. The summed E-state index contributed by atoms with van der Waals surface area (Å²) in [5.74, 6) is 0. The van der Waals surface area contributed by atoms with Crippen molar-refractivity contribution < 1.29 is 9.53 Å². The molecule has 7 heteroatoms. The van der Waals surface area contributed by atoms with Gasteiger partial charge in [-0.05, 0) is 0 Å². The molecule has 68 valence electrons. The van der Waals surface area contributed by atoms with Gasteiger partial charge in [0.25, 0.3) is 5.60 Å². The molecule has 0 fully saturated rings. The van der Waals surface area contributed by atoms with Gasteiger partial charge >= 0.3 is 6.09 Å². The van der Waals surface area contributed by atoms with Gasteiger partial charge in [-0.15, -0.1) is 4.90 Å². The molecule has 0 heterocycles. The molecule has 0 N–H and O–H groups in total. The summed E-state index contributed by atoms with van der Waals surface area (Å²) >= 11 is 0. The second-order valence-corrected chi connectivity index (χ2v) is 2.16. The molecular weight excluding hydrogens is 186 g/mol. The van der Waals surface area contributed by atoms with Crippen molar-refractivity contribution in [2.24, 2.45) is 0 Å².